The number of anilines is 1. The van der Waals surface area contributed by atoms with Crippen LogP contribution in [0.3, 0.4) is 0 Å². The van der Waals surface area contributed by atoms with Crippen molar-refractivity contribution in [3.63, 3.8) is 0 Å². The standard InChI is InChI=1S/C19H23N3O/c1-12-16(2-3-17-20-4-5-22(12)17)21-18(23)19-9-13-6-14(10-19)8-15(7-13)11-19/h2-5,13-15H,6-11H2,1H3,(H,21,23). The molecule has 6 rings (SSSR count). The minimum atomic E-state index is -0.0922. The topological polar surface area (TPSA) is 46.4 Å². The largest absolute Gasteiger partial charge is 0.324 e. The van der Waals surface area contributed by atoms with Gasteiger partial charge in [0, 0.05) is 18.1 Å². The van der Waals surface area contributed by atoms with Gasteiger partial charge < -0.3 is 9.72 Å². The second kappa shape index (κ2) is 4.59. The molecule has 0 aliphatic heterocycles. The molecule has 1 N–H and O–H groups in total. The first kappa shape index (κ1) is 13.6. The summed E-state index contributed by atoms with van der Waals surface area (Å²) in [6.45, 7) is 2.05. The lowest BCUT2D eigenvalue weighted by Gasteiger charge is -2.55. The van der Waals surface area contributed by atoms with Crippen LogP contribution >= 0.6 is 0 Å². The molecule has 2 aromatic heterocycles. The first-order valence-corrected chi connectivity index (χ1v) is 8.87. The summed E-state index contributed by atoms with van der Waals surface area (Å²) in [6, 6.07) is 3.97. The highest BCUT2D eigenvalue weighted by Crippen LogP contribution is 2.60. The van der Waals surface area contributed by atoms with Crippen molar-refractivity contribution in [2.45, 2.75) is 45.4 Å². The molecule has 4 saturated carbocycles. The van der Waals surface area contributed by atoms with E-state index in [9.17, 15) is 4.79 Å². The van der Waals surface area contributed by atoms with Crippen LogP contribution in [-0.2, 0) is 4.79 Å². The van der Waals surface area contributed by atoms with Gasteiger partial charge in [0.05, 0.1) is 11.1 Å². The quantitative estimate of drug-likeness (QED) is 0.917. The molecule has 4 heteroatoms. The summed E-state index contributed by atoms with van der Waals surface area (Å²) >= 11 is 0. The van der Waals surface area contributed by atoms with Crippen LogP contribution in [0.5, 0.6) is 0 Å². The van der Waals surface area contributed by atoms with Gasteiger partial charge in [-0.3, -0.25) is 4.79 Å². The van der Waals surface area contributed by atoms with E-state index in [1.54, 1.807) is 6.20 Å². The number of fused-ring (bicyclic) bond motifs is 1. The van der Waals surface area contributed by atoms with E-state index >= 15 is 0 Å². The van der Waals surface area contributed by atoms with Gasteiger partial charge in [0.25, 0.3) is 0 Å². The number of nitrogens with one attached hydrogen (secondary N) is 1. The van der Waals surface area contributed by atoms with Gasteiger partial charge in [-0.15, -0.1) is 0 Å². The van der Waals surface area contributed by atoms with Crippen molar-refractivity contribution in [1.29, 1.82) is 0 Å². The number of aryl methyl sites for hydroxylation is 1. The van der Waals surface area contributed by atoms with Gasteiger partial charge in [0.2, 0.25) is 5.91 Å². The minimum Gasteiger partial charge on any atom is -0.324 e. The molecule has 120 valence electrons. The molecule has 0 saturated heterocycles. The van der Waals surface area contributed by atoms with Crippen LogP contribution in [0.15, 0.2) is 24.5 Å². The lowest BCUT2D eigenvalue weighted by molar-refractivity contribution is -0.140. The van der Waals surface area contributed by atoms with Crippen molar-refractivity contribution in [2.24, 2.45) is 23.2 Å². The van der Waals surface area contributed by atoms with Crippen LogP contribution in [0, 0.1) is 30.1 Å². The molecule has 23 heavy (non-hydrogen) atoms. The van der Waals surface area contributed by atoms with Gasteiger partial charge in [-0.05, 0) is 75.3 Å². The Balaban J connectivity index is 1.45. The zero-order chi connectivity index (χ0) is 15.6. The fraction of sp³-hybridized carbons (Fsp3) is 0.579. The van der Waals surface area contributed by atoms with Gasteiger partial charge in [0.1, 0.15) is 5.65 Å². The molecule has 4 bridgehead atoms. The summed E-state index contributed by atoms with van der Waals surface area (Å²) in [4.78, 5) is 17.5. The number of hydrogen-bond acceptors (Lipinski definition) is 2. The maximum atomic E-state index is 13.2. The summed E-state index contributed by atoms with van der Waals surface area (Å²) < 4.78 is 2.04. The van der Waals surface area contributed by atoms with Gasteiger partial charge >= 0.3 is 0 Å². The van der Waals surface area contributed by atoms with Crippen molar-refractivity contribution in [2.75, 3.05) is 5.32 Å². The molecule has 0 radical (unpaired) electrons. The van der Waals surface area contributed by atoms with Crippen molar-refractivity contribution in [3.05, 3.63) is 30.2 Å². The normalized spacial score (nSPS) is 34.9. The Bertz CT molecular complexity index is 756. The maximum absolute atomic E-state index is 13.2. The molecule has 4 aliphatic rings. The molecular weight excluding hydrogens is 286 g/mol. The summed E-state index contributed by atoms with van der Waals surface area (Å²) in [5, 5.41) is 3.26. The smallest absolute Gasteiger partial charge is 0.230 e. The van der Waals surface area contributed by atoms with Crippen molar-refractivity contribution in [1.82, 2.24) is 9.38 Å². The van der Waals surface area contributed by atoms with E-state index in [0.29, 0.717) is 0 Å². The molecule has 2 aromatic rings. The summed E-state index contributed by atoms with van der Waals surface area (Å²) in [7, 11) is 0. The maximum Gasteiger partial charge on any atom is 0.230 e. The van der Waals surface area contributed by atoms with E-state index in [4.69, 9.17) is 0 Å². The lowest BCUT2D eigenvalue weighted by Crippen LogP contribution is -2.51. The summed E-state index contributed by atoms with van der Waals surface area (Å²) in [5.41, 5.74) is 2.81. The van der Waals surface area contributed by atoms with Crippen LogP contribution in [0.2, 0.25) is 0 Å². The summed E-state index contributed by atoms with van der Waals surface area (Å²) in [6.07, 6.45) is 11.2. The highest BCUT2D eigenvalue weighted by atomic mass is 16.2. The average molecular weight is 309 g/mol. The summed E-state index contributed by atoms with van der Waals surface area (Å²) in [5.74, 6) is 2.65. The molecule has 4 aliphatic carbocycles. The van der Waals surface area contributed by atoms with E-state index in [1.807, 2.05) is 29.7 Å². The van der Waals surface area contributed by atoms with E-state index in [0.717, 1.165) is 54.0 Å². The predicted molar refractivity (Wildman–Crippen MR) is 89.2 cm³/mol. The van der Waals surface area contributed by atoms with E-state index in [2.05, 4.69) is 10.3 Å². The highest BCUT2D eigenvalue weighted by molar-refractivity contribution is 5.96. The number of imidazole rings is 1. The van der Waals surface area contributed by atoms with Crippen LogP contribution in [0.4, 0.5) is 5.69 Å². The van der Waals surface area contributed by atoms with Crippen molar-refractivity contribution in [3.8, 4) is 0 Å². The second-order valence-corrected chi connectivity index (χ2v) is 8.14. The molecule has 1 amide bonds. The molecule has 0 unspecified atom stereocenters. The monoisotopic (exact) mass is 309 g/mol. The van der Waals surface area contributed by atoms with Gasteiger partial charge in [-0.1, -0.05) is 0 Å². The van der Waals surface area contributed by atoms with Gasteiger partial charge in [-0.2, -0.15) is 0 Å². The number of rotatable bonds is 2. The zero-order valence-electron chi connectivity index (χ0n) is 13.6. The molecule has 4 nitrogen and oxygen atoms in total. The Morgan fingerprint density at radius 1 is 1.17 bits per heavy atom. The average Bonchev–Trinajstić information content (AvgIpc) is 2.98. The van der Waals surface area contributed by atoms with E-state index in [1.165, 1.54) is 19.3 Å². The number of pyridine rings is 1. The molecule has 0 spiro atoms. The molecule has 4 fully saturated rings. The van der Waals surface area contributed by atoms with Crippen LogP contribution < -0.4 is 5.32 Å². The van der Waals surface area contributed by atoms with E-state index in [-0.39, 0.29) is 11.3 Å². The first-order valence-electron chi connectivity index (χ1n) is 8.87. The minimum absolute atomic E-state index is 0.0922. The third-order valence-electron chi connectivity index (χ3n) is 6.59. The fourth-order valence-electron chi connectivity index (χ4n) is 5.91. The first-order chi connectivity index (χ1) is 11.1. The van der Waals surface area contributed by atoms with Crippen molar-refractivity contribution < 1.29 is 4.79 Å². The number of hydrogen-bond donors (Lipinski definition) is 1. The van der Waals surface area contributed by atoms with Crippen LogP contribution in [0.1, 0.15) is 44.2 Å². The SMILES string of the molecule is Cc1c(NC(=O)C23CC4CC(CC(C4)C2)C3)ccc2nccn12. The Hall–Kier alpha value is -1.84. The number of amides is 1. The third-order valence-corrected chi connectivity index (χ3v) is 6.59. The van der Waals surface area contributed by atoms with Gasteiger partial charge in [0.15, 0.2) is 0 Å². The predicted octanol–water partition coefficient (Wildman–Crippen LogP) is 3.80. The Morgan fingerprint density at radius 3 is 2.48 bits per heavy atom. The van der Waals surface area contributed by atoms with Crippen LogP contribution in [0.25, 0.3) is 5.65 Å². The highest BCUT2D eigenvalue weighted by Gasteiger charge is 2.54. The fourth-order valence-corrected chi connectivity index (χ4v) is 5.91. The molecule has 0 atom stereocenters. The zero-order valence-corrected chi connectivity index (χ0v) is 13.6. The number of aromatic nitrogens is 2. The van der Waals surface area contributed by atoms with Gasteiger partial charge in [-0.25, -0.2) is 4.98 Å². The number of carbonyl (C=O) groups excluding carboxylic acids is 1. The van der Waals surface area contributed by atoms with Crippen molar-refractivity contribution >= 4 is 17.2 Å². The number of nitrogens with zero attached hydrogens (tertiary/aromatic N) is 2. The molecule has 0 aromatic carbocycles. The molecular formula is C19H23N3O. The Morgan fingerprint density at radius 2 is 1.83 bits per heavy atom. The van der Waals surface area contributed by atoms with E-state index < -0.39 is 0 Å². The van der Waals surface area contributed by atoms with Crippen LogP contribution in [-0.4, -0.2) is 15.3 Å². The third kappa shape index (κ3) is 1.97. The second-order valence-electron chi connectivity index (χ2n) is 8.14. The lowest BCUT2D eigenvalue weighted by atomic mass is 9.49. The Kier molecular flexibility index (Phi) is 2.71. The molecule has 2 heterocycles. The number of carbonyl (C=O) groups is 1. The Labute approximate surface area is 136 Å².